The molecule has 6 heteroatoms. The summed E-state index contributed by atoms with van der Waals surface area (Å²) < 4.78 is 5.46. The van der Waals surface area contributed by atoms with Crippen LogP contribution in [0.1, 0.15) is 38.3 Å². The smallest absolute Gasteiger partial charge is 0.410 e. The van der Waals surface area contributed by atoms with Crippen LogP contribution in [-0.4, -0.2) is 41.3 Å². The Kier molecular flexibility index (Phi) is 5.00. The van der Waals surface area contributed by atoms with Crippen molar-refractivity contribution in [3.63, 3.8) is 0 Å². The molecule has 0 saturated carbocycles. The van der Waals surface area contributed by atoms with Crippen LogP contribution >= 0.6 is 12.6 Å². The van der Waals surface area contributed by atoms with E-state index in [1.807, 2.05) is 37.8 Å². The van der Waals surface area contributed by atoms with Crippen LogP contribution in [0.15, 0.2) is 18.2 Å². The fourth-order valence-corrected chi connectivity index (χ4v) is 3.59. The zero-order chi connectivity index (χ0) is 18.2. The second-order valence-electron chi connectivity index (χ2n) is 7.86. The summed E-state index contributed by atoms with van der Waals surface area (Å²) in [6.45, 7) is 7.56. The van der Waals surface area contributed by atoms with Crippen molar-refractivity contribution in [2.45, 2.75) is 45.8 Å². The molecule has 25 heavy (non-hydrogen) atoms. The molecule has 3 rings (SSSR count). The molecule has 2 heterocycles. The number of carbonyl (C=O) groups excluding carboxylic acids is 2. The van der Waals surface area contributed by atoms with Gasteiger partial charge in [0.1, 0.15) is 5.60 Å². The first-order valence-electron chi connectivity index (χ1n) is 8.78. The lowest BCUT2D eigenvalue weighted by molar-refractivity contribution is -0.117. The molecule has 0 spiro atoms. The highest BCUT2D eigenvalue weighted by Crippen LogP contribution is 2.30. The molecule has 2 aliphatic heterocycles. The van der Waals surface area contributed by atoms with Gasteiger partial charge in [-0.3, -0.25) is 4.79 Å². The van der Waals surface area contributed by atoms with Crippen LogP contribution in [0.3, 0.4) is 0 Å². The normalized spacial score (nSPS) is 20.6. The lowest BCUT2D eigenvalue weighted by Crippen LogP contribution is -2.40. The third-order valence-corrected chi connectivity index (χ3v) is 5.15. The minimum absolute atomic E-state index is 0.171. The number of thiol groups is 1. The number of hydrogen-bond donors (Lipinski definition) is 1. The molecular formula is C19H26N2O3S. The summed E-state index contributed by atoms with van der Waals surface area (Å²) in [7, 11) is 0. The van der Waals surface area contributed by atoms with Gasteiger partial charge in [0.05, 0.1) is 0 Å². The number of anilines is 1. The first-order valence-corrected chi connectivity index (χ1v) is 9.41. The molecule has 2 aliphatic rings. The van der Waals surface area contributed by atoms with Crippen LogP contribution < -0.4 is 4.90 Å². The van der Waals surface area contributed by atoms with Gasteiger partial charge in [-0.25, -0.2) is 4.79 Å². The monoisotopic (exact) mass is 362 g/mol. The molecule has 5 nitrogen and oxygen atoms in total. The molecule has 1 atom stereocenters. The zero-order valence-electron chi connectivity index (χ0n) is 15.1. The molecular weight excluding hydrogens is 336 g/mol. The first-order chi connectivity index (χ1) is 11.8. The van der Waals surface area contributed by atoms with Gasteiger partial charge in [0.2, 0.25) is 5.91 Å². The van der Waals surface area contributed by atoms with Crippen molar-refractivity contribution < 1.29 is 14.3 Å². The number of benzene rings is 1. The maximum atomic E-state index is 12.3. The summed E-state index contributed by atoms with van der Waals surface area (Å²) in [5, 5.41) is 0. The Hall–Kier alpha value is -1.69. The molecule has 0 aromatic heterocycles. The van der Waals surface area contributed by atoms with Gasteiger partial charge in [0, 0.05) is 31.7 Å². The molecule has 1 unspecified atom stereocenters. The zero-order valence-corrected chi connectivity index (χ0v) is 16.0. The van der Waals surface area contributed by atoms with Crippen LogP contribution in [0.4, 0.5) is 10.5 Å². The molecule has 1 aromatic carbocycles. The highest BCUT2D eigenvalue weighted by molar-refractivity contribution is 7.80. The van der Waals surface area contributed by atoms with Crippen LogP contribution in [0, 0.1) is 5.92 Å². The SMILES string of the molecule is CC(C)(C)OC(=O)N1CCc2cc(N3CC(CS)CC3=O)ccc2C1. The van der Waals surface area contributed by atoms with Gasteiger partial charge >= 0.3 is 6.09 Å². The summed E-state index contributed by atoms with van der Waals surface area (Å²) in [4.78, 5) is 28.1. The van der Waals surface area contributed by atoms with Crippen LogP contribution in [0.25, 0.3) is 0 Å². The van der Waals surface area contributed by atoms with Crippen LogP contribution in [-0.2, 0) is 22.5 Å². The number of ether oxygens (including phenoxy) is 1. The summed E-state index contributed by atoms with van der Waals surface area (Å²) in [5.41, 5.74) is 2.80. The lowest BCUT2D eigenvalue weighted by atomic mass is 9.99. The van der Waals surface area contributed by atoms with E-state index in [9.17, 15) is 9.59 Å². The number of amides is 2. The van der Waals surface area contributed by atoms with Gasteiger partial charge in [-0.2, -0.15) is 12.6 Å². The largest absolute Gasteiger partial charge is 0.444 e. The van der Waals surface area contributed by atoms with Gasteiger partial charge in [-0.15, -0.1) is 0 Å². The molecule has 1 saturated heterocycles. The van der Waals surface area contributed by atoms with Gasteiger partial charge < -0.3 is 14.5 Å². The number of hydrogen-bond acceptors (Lipinski definition) is 4. The molecule has 0 N–H and O–H groups in total. The summed E-state index contributed by atoms with van der Waals surface area (Å²) in [6, 6.07) is 6.11. The lowest BCUT2D eigenvalue weighted by Gasteiger charge is -2.31. The first kappa shape index (κ1) is 18.1. The van der Waals surface area contributed by atoms with E-state index in [0.717, 1.165) is 30.0 Å². The van der Waals surface area contributed by atoms with E-state index in [2.05, 4.69) is 18.7 Å². The number of carbonyl (C=O) groups is 2. The van der Waals surface area contributed by atoms with Gasteiger partial charge in [0.25, 0.3) is 0 Å². The van der Waals surface area contributed by atoms with E-state index in [1.165, 1.54) is 5.56 Å². The van der Waals surface area contributed by atoms with E-state index < -0.39 is 5.60 Å². The highest BCUT2D eigenvalue weighted by Gasteiger charge is 2.31. The molecule has 0 radical (unpaired) electrons. The second kappa shape index (κ2) is 6.90. The average molecular weight is 362 g/mol. The molecule has 0 aliphatic carbocycles. The second-order valence-corrected chi connectivity index (χ2v) is 8.23. The van der Waals surface area contributed by atoms with Gasteiger partial charge in [0.15, 0.2) is 0 Å². The summed E-state index contributed by atoms with van der Waals surface area (Å²) >= 11 is 4.32. The summed E-state index contributed by atoms with van der Waals surface area (Å²) in [5.74, 6) is 1.23. The van der Waals surface area contributed by atoms with Gasteiger partial charge in [-0.1, -0.05) is 6.07 Å². The number of fused-ring (bicyclic) bond motifs is 1. The fraction of sp³-hybridized carbons (Fsp3) is 0.579. The van der Waals surface area contributed by atoms with E-state index in [0.29, 0.717) is 25.4 Å². The number of nitrogens with zero attached hydrogens (tertiary/aromatic N) is 2. The third kappa shape index (κ3) is 4.11. The topological polar surface area (TPSA) is 49.9 Å². The van der Waals surface area contributed by atoms with Crippen molar-refractivity contribution in [1.29, 1.82) is 0 Å². The Morgan fingerprint density at radius 1 is 1.32 bits per heavy atom. The van der Waals surface area contributed by atoms with Crippen LogP contribution in [0.2, 0.25) is 0 Å². The molecule has 136 valence electrons. The van der Waals surface area contributed by atoms with E-state index >= 15 is 0 Å². The third-order valence-electron chi connectivity index (χ3n) is 4.63. The van der Waals surface area contributed by atoms with E-state index in [1.54, 1.807) is 4.90 Å². The van der Waals surface area contributed by atoms with Gasteiger partial charge in [-0.05, 0) is 62.1 Å². The minimum atomic E-state index is -0.485. The average Bonchev–Trinajstić information content (AvgIpc) is 2.93. The maximum Gasteiger partial charge on any atom is 0.410 e. The number of rotatable bonds is 2. The van der Waals surface area contributed by atoms with Crippen molar-refractivity contribution in [1.82, 2.24) is 4.90 Å². The molecule has 1 aromatic rings. The molecule has 1 fully saturated rings. The van der Waals surface area contributed by atoms with Crippen molar-refractivity contribution in [2.75, 3.05) is 23.7 Å². The van der Waals surface area contributed by atoms with Crippen molar-refractivity contribution in [3.8, 4) is 0 Å². The Bertz CT molecular complexity index is 684. The molecule has 2 amide bonds. The predicted molar refractivity (Wildman–Crippen MR) is 101 cm³/mol. The van der Waals surface area contributed by atoms with E-state index in [-0.39, 0.29) is 12.0 Å². The standard InChI is InChI=1S/C19H26N2O3S/c1-19(2,3)24-18(23)20-7-6-14-9-16(5-4-15(14)11-20)21-10-13(12-25)8-17(21)22/h4-5,9,13,25H,6-8,10-12H2,1-3H3. The minimum Gasteiger partial charge on any atom is -0.444 e. The predicted octanol–water partition coefficient (Wildman–Crippen LogP) is 3.26. The fourth-order valence-electron chi connectivity index (χ4n) is 3.34. The maximum absolute atomic E-state index is 12.3. The highest BCUT2D eigenvalue weighted by atomic mass is 32.1. The van der Waals surface area contributed by atoms with Crippen LogP contribution in [0.5, 0.6) is 0 Å². The Morgan fingerprint density at radius 2 is 2.08 bits per heavy atom. The molecule has 0 bridgehead atoms. The Balaban J connectivity index is 1.72. The van der Waals surface area contributed by atoms with Crippen molar-refractivity contribution in [3.05, 3.63) is 29.3 Å². The van der Waals surface area contributed by atoms with E-state index in [4.69, 9.17) is 4.74 Å². The quantitative estimate of drug-likeness (QED) is 0.822. The van der Waals surface area contributed by atoms with Crippen molar-refractivity contribution in [2.24, 2.45) is 5.92 Å². The Morgan fingerprint density at radius 3 is 2.72 bits per heavy atom. The van der Waals surface area contributed by atoms with Crippen molar-refractivity contribution >= 4 is 30.3 Å². The Labute approximate surface area is 154 Å². The summed E-state index contributed by atoms with van der Waals surface area (Å²) in [6.07, 6.45) is 1.08.